The zero-order valence-electron chi connectivity index (χ0n) is 20.8. The van der Waals surface area contributed by atoms with Gasteiger partial charge in [0.15, 0.2) is 0 Å². The number of benzene rings is 4. The molecule has 0 radical (unpaired) electrons. The number of methoxy groups -OCH3 is 2. The van der Waals surface area contributed by atoms with Gasteiger partial charge < -0.3 is 39.4 Å². The molecule has 0 aromatic heterocycles. The molecule has 0 amide bonds. The third-order valence-electron chi connectivity index (χ3n) is 6.81. The van der Waals surface area contributed by atoms with E-state index < -0.39 is 23.8 Å². The highest BCUT2D eigenvalue weighted by molar-refractivity contribution is 5.39. The molecule has 1 heterocycles. The Morgan fingerprint density at radius 1 is 0.474 bits per heavy atom. The molecule has 196 valence electrons. The van der Waals surface area contributed by atoms with Gasteiger partial charge in [-0.15, -0.1) is 0 Å². The second kappa shape index (κ2) is 10.00. The smallest absolute Gasteiger partial charge is 0.227 e. The van der Waals surface area contributed by atoms with E-state index in [4.69, 9.17) is 18.9 Å². The molecule has 1 saturated heterocycles. The molecule has 4 aromatic rings. The minimum Gasteiger partial charge on any atom is -0.508 e. The molecular formula is C30H28O8. The molecule has 8 nitrogen and oxygen atoms in total. The van der Waals surface area contributed by atoms with Crippen LogP contribution < -0.4 is 0 Å². The highest BCUT2D eigenvalue weighted by atomic mass is 16.8. The predicted octanol–water partition coefficient (Wildman–Crippen LogP) is 5.34. The Hall–Kier alpha value is -4.08. The van der Waals surface area contributed by atoms with Crippen LogP contribution in [0.2, 0.25) is 0 Å². The van der Waals surface area contributed by atoms with Crippen LogP contribution in [0.4, 0.5) is 0 Å². The zero-order chi connectivity index (χ0) is 26.9. The lowest BCUT2D eigenvalue weighted by atomic mass is 9.86. The molecule has 1 aliphatic rings. The summed E-state index contributed by atoms with van der Waals surface area (Å²) >= 11 is 0. The van der Waals surface area contributed by atoms with Gasteiger partial charge in [-0.05, 0) is 83.9 Å². The summed E-state index contributed by atoms with van der Waals surface area (Å²) in [5.41, 5.74) is 2.38. The summed E-state index contributed by atoms with van der Waals surface area (Å²) < 4.78 is 26.1. The van der Waals surface area contributed by atoms with Crippen molar-refractivity contribution >= 4 is 0 Å². The Morgan fingerprint density at radius 3 is 1.00 bits per heavy atom. The van der Waals surface area contributed by atoms with Gasteiger partial charge in [0.25, 0.3) is 0 Å². The van der Waals surface area contributed by atoms with Crippen LogP contribution >= 0.6 is 0 Å². The Bertz CT molecular complexity index is 1260. The average molecular weight is 517 g/mol. The Morgan fingerprint density at radius 2 is 0.737 bits per heavy atom. The van der Waals surface area contributed by atoms with Gasteiger partial charge in [0, 0.05) is 25.3 Å². The summed E-state index contributed by atoms with van der Waals surface area (Å²) in [5, 5.41) is 39.8. The number of rotatable bonds is 6. The van der Waals surface area contributed by atoms with Gasteiger partial charge in [0.1, 0.15) is 35.2 Å². The van der Waals surface area contributed by atoms with Crippen molar-refractivity contribution in [3.05, 3.63) is 119 Å². The molecule has 4 N–H and O–H groups in total. The molecule has 4 aromatic carbocycles. The summed E-state index contributed by atoms with van der Waals surface area (Å²) in [6, 6.07) is 25.8. The van der Waals surface area contributed by atoms with Gasteiger partial charge in [-0.25, -0.2) is 0 Å². The van der Waals surface area contributed by atoms with Gasteiger partial charge in [-0.1, -0.05) is 24.3 Å². The highest BCUT2D eigenvalue weighted by Crippen LogP contribution is 2.58. The summed E-state index contributed by atoms with van der Waals surface area (Å²) in [6.45, 7) is 0. The van der Waals surface area contributed by atoms with Crippen molar-refractivity contribution in [2.45, 2.75) is 23.8 Å². The summed E-state index contributed by atoms with van der Waals surface area (Å²) in [6.07, 6.45) is -1.86. The van der Waals surface area contributed by atoms with E-state index in [1.807, 2.05) is 0 Å². The average Bonchev–Trinajstić information content (AvgIpc) is 2.94. The summed E-state index contributed by atoms with van der Waals surface area (Å²) in [7, 11) is 3.00. The number of phenols is 4. The first-order chi connectivity index (χ1) is 18.3. The maximum absolute atomic E-state index is 9.97. The van der Waals surface area contributed by atoms with Crippen LogP contribution in [-0.4, -0.2) is 34.6 Å². The number of aromatic hydroxyl groups is 4. The monoisotopic (exact) mass is 516 g/mol. The van der Waals surface area contributed by atoms with Gasteiger partial charge in [-0.2, -0.15) is 0 Å². The number of phenolic OH excluding ortho intramolecular Hbond substituents is 4. The first kappa shape index (κ1) is 25.6. The lowest BCUT2D eigenvalue weighted by Gasteiger charge is -2.54. The predicted molar refractivity (Wildman–Crippen MR) is 137 cm³/mol. The fourth-order valence-electron chi connectivity index (χ4n) is 4.87. The fraction of sp³-hybridized carbons (Fsp3) is 0.200. The first-order valence-corrected chi connectivity index (χ1v) is 11.9. The standard InChI is InChI=1S/C30H28O8/c1-35-29(21-7-15-25(33)16-8-21)27(19-3-11-23(31)12-4-19)38-30(36-2,22-9-17-26(34)18-10-22)28(37-29)20-5-13-24(32)14-6-20/h3-18,27-28,31-34H,1-2H3. The third-order valence-corrected chi connectivity index (χ3v) is 6.81. The SMILES string of the molecule is COC1(c2ccc(O)cc2)OC(c2ccc(O)cc2)C(OC)(c2ccc(O)cc2)OC1c1ccc(O)cc1. The number of ether oxygens (including phenoxy) is 4. The molecule has 0 saturated carbocycles. The van der Waals surface area contributed by atoms with Crippen LogP contribution in [0.15, 0.2) is 97.1 Å². The van der Waals surface area contributed by atoms with E-state index in [0.29, 0.717) is 22.3 Å². The number of hydrogen-bond donors (Lipinski definition) is 4. The molecular weight excluding hydrogens is 488 g/mol. The Kier molecular flexibility index (Phi) is 6.73. The van der Waals surface area contributed by atoms with Gasteiger partial charge >= 0.3 is 0 Å². The van der Waals surface area contributed by atoms with E-state index >= 15 is 0 Å². The van der Waals surface area contributed by atoms with E-state index in [1.54, 1.807) is 48.5 Å². The highest BCUT2D eigenvalue weighted by Gasteiger charge is 2.60. The van der Waals surface area contributed by atoms with Crippen LogP contribution in [0.25, 0.3) is 0 Å². The molecule has 1 fully saturated rings. The topological polar surface area (TPSA) is 118 Å². The van der Waals surface area contributed by atoms with Crippen LogP contribution in [0.3, 0.4) is 0 Å². The third kappa shape index (κ3) is 4.33. The lowest BCUT2D eigenvalue weighted by Crippen LogP contribution is -2.55. The van der Waals surface area contributed by atoms with Gasteiger partial charge in [0.2, 0.25) is 11.6 Å². The summed E-state index contributed by atoms with van der Waals surface area (Å²) in [5.74, 6) is -2.77. The molecule has 8 heteroatoms. The second-order valence-electron chi connectivity index (χ2n) is 9.02. The van der Waals surface area contributed by atoms with Crippen molar-refractivity contribution in [2.24, 2.45) is 0 Å². The number of hydrogen-bond acceptors (Lipinski definition) is 8. The molecule has 38 heavy (non-hydrogen) atoms. The van der Waals surface area contributed by atoms with Crippen molar-refractivity contribution in [2.75, 3.05) is 14.2 Å². The van der Waals surface area contributed by atoms with E-state index in [2.05, 4.69) is 0 Å². The Labute approximate surface area is 219 Å². The maximum atomic E-state index is 9.97. The maximum Gasteiger partial charge on any atom is 0.227 e. The Balaban J connectivity index is 1.77. The quantitative estimate of drug-likeness (QED) is 0.271. The van der Waals surface area contributed by atoms with Crippen LogP contribution in [0, 0.1) is 0 Å². The van der Waals surface area contributed by atoms with Crippen LogP contribution in [0.5, 0.6) is 23.0 Å². The van der Waals surface area contributed by atoms with Crippen LogP contribution in [0.1, 0.15) is 34.5 Å². The van der Waals surface area contributed by atoms with E-state index in [0.717, 1.165) is 0 Å². The van der Waals surface area contributed by atoms with Crippen molar-refractivity contribution in [1.82, 2.24) is 0 Å². The lowest BCUT2D eigenvalue weighted by molar-refractivity contribution is -0.454. The van der Waals surface area contributed by atoms with E-state index in [9.17, 15) is 20.4 Å². The molecule has 4 unspecified atom stereocenters. The van der Waals surface area contributed by atoms with Gasteiger partial charge in [0.05, 0.1) is 0 Å². The normalized spacial score (nSPS) is 25.2. The molecule has 1 aliphatic heterocycles. The van der Waals surface area contributed by atoms with Crippen molar-refractivity contribution < 1.29 is 39.4 Å². The minimum atomic E-state index is -1.54. The zero-order valence-corrected chi connectivity index (χ0v) is 20.8. The summed E-state index contributed by atoms with van der Waals surface area (Å²) in [4.78, 5) is 0. The van der Waals surface area contributed by atoms with Crippen molar-refractivity contribution in [3.8, 4) is 23.0 Å². The fourth-order valence-corrected chi connectivity index (χ4v) is 4.87. The largest absolute Gasteiger partial charge is 0.508 e. The molecule has 0 spiro atoms. The van der Waals surface area contributed by atoms with Crippen molar-refractivity contribution in [3.63, 3.8) is 0 Å². The molecule has 5 rings (SSSR count). The minimum absolute atomic E-state index is 0.0725. The van der Waals surface area contributed by atoms with Crippen LogP contribution in [-0.2, 0) is 30.5 Å². The van der Waals surface area contributed by atoms with E-state index in [1.165, 1.54) is 62.8 Å². The molecule has 0 bridgehead atoms. The molecule has 4 atom stereocenters. The van der Waals surface area contributed by atoms with Gasteiger partial charge in [-0.3, -0.25) is 0 Å². The molecule has 0 aliphatic carbocycles. The second-order valence-corrected chi connectivity index (χ2v) is 9.02. The van der Waals surface area contributed by atoms with E-state index in [-0.39, 0.29) is 23.0 Å². The van der Waals surface area contributed by atoms with Crippen molar-refractivity contribution in [1.29, 1.82) is 0 Å². The first-order valence-electron chi connectivity index (χ1n) is 11.9.